The molecule has 1 saturated carbocycles. The molecule has 1 aliphatic carbocycles. The number of aliphatic hydroxyl groups is 1. The molecule has 1 saturated heterocycles. The summed E-state index contributed by atoms with van der Waals surface area (Å²) >= 11 is 1.68. The van der Waals surface area contributed by atoms with Crippen LogP contribution in [0.3, 0.4) is 0 Å². The van der Waals surface area contributed by atoms with Crippen LogP contribution in [-0.4, -0.2) is 67.0 Å². The van der Waals surface area contributed by atoms with Gasteiger partial charge in [0.15, 0.2) is 27.9 Å². The average molecular weight is 465 g/mol. The Kier molecular flexibility index (Phi) is 7.54. The summed E-state index contributed by atoms with van der Waals surface area (Å²) in [5.41, 5.74) is 1.40. The Morgan fingerprint density at radius 2 is 1.91 bits per heavy atom. The van der Waals surface area contributed by atoms with E-state index in [9.17, 15) is 5.11 Å². The van der Waals surface area contributed by atoms with E-state index in [1.807, 2.05) is 18.5 Å². The first-order valence-electron chi connectivity index (χ1n) is 11.9. The van der Waals surface area contributed by atoms with E-state index in [4.69, 9.17) is 19.4 Å². The standard InChI is InChI=1S/C22H36N6O3S/c1-5-7-9-11-32-21-24-19(23-10-8-6-2)16-20(25-21)28(27-26-16)15-12-14(13-29)17-18(15)31-22(3,4)30-17/h14-15,17-18,29H,5-13H2,1-4H3,(H,23,24,25). The normalized spacial score (nSPS) is 26.7. The van der Waals surface area contributed by atoms with Crippen molar-refractivity contribution in [2.75, 3.05) is 24.2 Å². The Hall–Kier alpha value is -1.49. The lowest BCUT2D eigenvalue weighted by Crippen LogP contribution is -2.28. The number of anilines is 1. The minimum Gasteiger partial charge on any atom is -0.396 e. The predicted octanol–water partition coefficient (Wildman–Crippen LogP) is 3.79. The highest BCUT2D eigenvalue weighted by atomic mass is 32.2. The molecule has 10 heteroatoms. The topological polar surface area (TPSA) is 107 Å². The summed E-state index contributed by atoms with van der Waals surface area (Å²) in [6.45, 7) is 9.10. The van der Waals surface area contributed by atoms with E-state index in [0.29, 0.717) is 17.6 Å². The van der Waals surface area contributed by atoms with Crippen molar-refractivity contribution in [3.8, 4) is 0 Å². The van der Waals surface area contributed by atoms with E-state index >= 15 is 0 Å². The second kappa shape index (κ2) is 10.2. The van der Waals surface area contributed by atoms with Gasteiger partial charge in [-0.3, -0.25) is 0 Å². The van der Waals surface area contributed by atoms with Crippen molar-refractivity contribution in [2.24, 2.45) is 5.92 Å². The van der Waals surface area contributed by atoms with Gasteiger partial charge in [-0.25, -0.2) is 14.6 Å². The number of nitrogens with one attached hydrogen (secondary N) is 1. The number of ether oxygens (including phenoxy) is 2. The molecule has 4 atom stereocenters. The van der Waals surface area contributed by atoms with Gasteiger partial charge >= 0.3 is 0 Å². The molecule has 3 heterocycles. The predicted molar refractivity (Wildman–Crippen MR) is 125 cm³/mol. The van der Waals surface area contributed by atoms with Crippen LogP contribution in [0.15, 0.2) is 5.16 Å². The maximum absolute atomic E-state index is 9.94. The van der Waals surface area contributed by atoms with E-state index in [0.717, 1.165) is 42.5 Å². The maximum Gasteiger partial charge on any atom is 0.191 e. The number of unbranched alkanes of at least 4 members (excludes halogenated alkanes) is 3. The first-order chi connectivity index (χ1) is 15.5. The van der Waals surface area contributed by atoms with Crippen LogP contribution in [0.2, 0.25) is 0 Å². The van der Waals surface area contributed by atoms with Crippen molar-refractivity contribution in [3.63, 3.8) is 0 Å². The molecule has 0 radical (unpaired) electrons. The molecule has 9 nitrogen and oxygen atoms in total. The molecule has 0 aromatic carbocycles. The van der Waals surface area contributed by atoms with Crippen LogP contribution in [0.5, 0.6) is 0 Å². The molecule has 0 amide bonds. The van der Waals surface area contributed by atoms with E-state index in [1.165, 1.54) is 12.8 Å². The summed E-state index contributed by atoms with van der Waals surface area (Å²) in [6, 6.07) is -0.0970. The number of aromatic nitrogens is 5. The largest absolute Gasteiger partial charge is 0.396 e. The molecule has 4 rings (SSSR count). The molecule has 2 aromatic heterocycles. The van der Waals surface area contributed by atoms with Crippen LogP contribution in [0.1, 0.15) is 72.3 Å². The fourth-order valence-corrected chi connectivity index (χ4v) is 5.43. The van der Waals surface area contributed by atoms with Crippen molar-refractivity contribution >= 4 is 28.7 Å². The maximum atomic E-state index is 9.94. The zero-order valence-corrected chi connectivity index (χ0v) is 20.4. The zero-order chi connectivity index (χ0) is 22.7. The van der Waals surface area contributed by atoms with Gasteiger partial charge in [0.25, 0.3) is 0 Å². The molecule has 1 aliphatic heterocycles. The first-order valence-corrected chi connectivity index (χ1v) is 12.9. The molecule has 2 aromatic rings. The third-order valence-electron chi connectivity index (χ3n) is 6.21. The van der Waals surface area contributed by atoms with E-state index in [1.54, 1.807) is 11.8 Å². The minimum atomic E-state index is -0.681. The molecule has 2 fully saturated rings. The van der Waals surface area contributed by atoms with Gasteiger partial charge in [0.2, 0.25) is 0 Å². The Morgan fingerprint density at radius 3 is 2.66 bits per heavy atom. The number of aliphatic hydroxyl groups excluding tert-OH is 1. The Bertz CT molecular complexity index is 907. The summed E-state index contributed by atoms with van der Waals surface area (Å²) in [5, 5.41) is 23.1. The van der Waals surface area contributed by atoms with Gasteiger partial charge in [0.05, 0.1) is 12.1 Å². The fourth-order valence-electron chi connectivity index (χ4n) is 4.60. The van der Waals surface area contributed by atoms with Gasteiger partial charge in [-0.05, 0) is 33.1 Å². The Morgan fingerprint density at radius 1 is 1.12 bits per heavy atom. The van der Waals surface area contributed by atoms with Crippen molar-refractivity contribution < 1.29 is 14.6 Å². The third-order valence-corrected chi connectivity index (χ3v) is 7.14. The summed E-state index contributed by atoms with van der Waals surface area (Å²) in [7, 11) is 0. The van der Waals surface area contributed by atoms with Crippen LogP contribution in [0, 0.1) is 5.92 Å². The van der Waals surface area contributed by atoms with Crippen molar-refractivity contribution in [2.45, 2.75) is 95.4 Å². The van der Waals surface area contributed by atoms with Gasteiger partial charge in [0.1, 0.15) is 6.10 Å². The highest BCUT2D eigenvalue weighted by Crippen LogP contribution is 2.47. The van der Waals surface area contributed by atoms with Crippen LogP contribution in [-0.2, 0) is 9.47 Å². The molecular weight excluding hydrogens is 428 g/mol. The number of hydrogen-bond donors (Lipinski definition) is 2. The molecule has 178 valence electrons. The fraction of sp³-hybridized carbons (Fsp3) is 0.818. The monoisotopic (exact) mass is 464 g/mol. The van der Waals surface area contributed by atoms with Gasteiger partial charge in [-0.1, -0.05) is 50.1 Å². The lowest BCUT2D eigenvalue weighted by atomic mass is 10.1. The third kappa shape index (κ3) is 4.88. The van der Waals surface area contributed by atoms with Crippen LogP contribution < -0.4 is 5.32 Å². The molecule has 0 bridgehead atoms. The second-order valence-electron chi connectivity index (χ2n) is 9.21. The van der Waals surface area contributed by atoms with Gasteiger partial charge in [0, 0.05) is 24.8 Å². The number of rotatable bonds is 11. The zero-order valence-electron chi connectivity index (χ0n) is 19.6. The minimum absolute atomic E-state index is 0.00194. The van der Waals surface area contributed by atoms with E-state index < -0.39 is 5.79 Å². The van der Waals surface area contributed by atoms with Crippen LogP contribution in [0.25, 0.3) is 11.2 Å². The molecule has 0 spiro atoms. The average Bonchev–Trinajstić information content (AvgIpc) is 3.41. The van der Waals surface area contributed by atoms with Crippen molar-refractivity contribution in [3.05, 3.63) is 0 Å². The highest BCUT2D eigenvalue weighted by molar-refractivity contribution is 7.99. The van der Waals surface area contributed by atoms with Crippen molar-refractivity contribution in [1.29, 1.82) is 0 Å². The van der Waals surface area contributed by atoms with Gasteiger partial charge < -0.3 is 19.9 Å². The van der Waals surface area contributed by atoms with Crippen molar-refractivity contribution in [1.82, 2.24) is 25.0 Å². The Labute approximate surface area is 194 Å². The first kappa shape index (κ1) is 23.7. The summed E-state index contributed by atoms with van der Waals surface area (Å²) < 4.78 is 14.2. The molecular formula is C22H36N6O3S. The number of hydrogen-bond acceptors (Lipinski definition) is 9. The number of fused-ring (bicyclic) bond motifs is 2. The molecule has 2 aliphatic rings. The molecule has 4 unspecified atom stereocenters. The summed E-state index contributed by atoms with van der Waals surface area (Å²) in [5.74, 6) is 1.05. The lowest BCUT2D eigenvalue weighted by molar-refractivity contribution is -0.162. The highest BCUT2D eigenvalue weighted by Gasteiger charge is 2.55. The van der Waals surface area contributed by atoms with E-state index in [-0.39, 0.29) is 30.8 Å². The number of thioether (sulfide) groups is 1. The van der Waals surface area contributed by atoms with Gasteiger partial charge in [-0.15, -0.1) is 5.10 Å². The molecule has 2 N–H and O–H groups in total. The Balaban J connectivity index is 1.66. The van der Waals surface area contributed by atoms with Crippen LogP contribution >= 0.6 is 11.8 Å². The lowest BCUT2D eigenvalue weighted by Gasteiger charge is -2.23. The smallest absolute Gasteiger partial charge is 0.191 e. The summed E-state index contributed by atoms with van der Waals surface area (Å²) in [6.07, 6.45) is 6.06. The summed E-state index contributed by atoms with van der Waals surface area (Å²) in [4.78, 5) is 9.62. The number of nitrogens with zero attached hydrogens (tertiary/aromatic N) is 5. The SMILES string of the molecule is CCCCCSc1nc(NCCCC)c2nnn(C3CC(CO)C4OC(C)(C)OC43)c2n1. The second-order valence-corrected chi connectivity index (χ2v) is 10.3. The van der Waals surface area contributed by atoms with E-state index in [2.05, 4.69) is 29.5 Å². The molecule has 32 heavy (non-hydrogen) atoms. The quantitative estimate of drug-likeness (QED) is 0.292. The van der Waals surface area contributed by atoms with Gasteiger partial charge in [-0.2, -0.15) is 0 Å². The van der Waals surface area contributed by atoms with Crippen LogP contribution in [0.4, 0.5) is 5.82 Å².